The van der Waals surface area contributed by atoms with Crippen molar-refractivity contribution in [2.45, 2.75) is 57.5 Å². The first-order chi connectivity index (χ1) is 18.0. The lowest BCUT2D eigenvalue weighted by Crippen LogP contribution is -2.56. The van der Waals surface area contributed by atoms with Crippen LogP contribution >= 0.6 is 0 Å². The standard InChI is InChI=1S/C30H27F5O3/c1-29-13-12-19(22-23(31)25(33)27(35)26(34)24(22)32)30(2,28(36)37)21(29)11-9-17-8-10-18(14-20(17)29)38-15-16-6-4-3-5-7-16/h3-8,10,14,19,21H,9,11-13,15H2,1-2H3,(H,36,37)/t19?,21-,29-,30-/m1/s1. The van der Waals surface area contributed by atoms with Gasteiger partial charge >= 0.3 is 5.97 Å². The molecule has 3 aromatic rings. The van der Waals surface area contributed by atoms with Gasteiger partial charge in [0.1, 0.15) is 12.4 Å². The Bertz CT molecular complexity index is 1380. The lowest BCUT2D eigenvalue weighted by molar-refractivity contribution is -0.160. The molecule has 38 heavy (non-hydrogen) atoms. The van der Waals surface area contributed by atoms with E-state index < -0.39 is 63.3 Å². The van der Waals surface area contributed by atoms with E-state index in [1.54, 1.807) is 0 Å². The minimum Gasteiger partial charge on any atom is -0.489 e. The van der Waals surface area contributed by atoms with Crippen molar-refractivity contribution in [2.75, 3.05) is 0 Å². The summed E-state index contributed by atoms with van der Waals surface area (Å²) >= 11 is 0. The van der Waals surface area contributed by atoms with Crippen LogP contribution in [0.1, 0.15) is 61.3 Å². The van der Waals surface area contributed by atoms with Gasteiger partial charge in [-0.15, -0.1) is 0 Å². The van der Waals surface area contributed by atoms with Crippen LogP contribution in [0.3, 0.4) is 0 Å². The molecule has 3 nitrogen and oxygen atoms in total. The average Bonchev–Trinajstić information content (AvgIpc) is 2.91. The van der Waals surface area contributed by atoms with Gasteiger partial charge in [-0.05, 0) is 72.8 Å². The third-order valence-corrected chi connectivity index (χ3v) is 8.87. The molecule has 0 saturated heterocycles. The maximum atomic E-state index is 14.9. The fraction of sp³-hybridized carbons (Fsp3) is 0.367. The minimum atomic E-state index is -2.25. The highest BCUT2D eigenvalue weighted by atomic mass is 19.2. The second kappa shape index (κ2) is 9.40. The number of fused-ring (bicyclic) bond motifs is 3. The van der Waals surface area contributed by atoms with Crippen LogP contribution < -0.4 is 4.74 Å². The lowest BCUT2D eigenvalue weighted by Gasteiger charge is -2.56. The SMILES string of the molecule is C[C@]12CCC(c3c(F)c(F)c(F)c(F)c3F)[C@@](C)(C(=O)O)[C@@H]1CCc1ccc(OCc3ccccc3)cc12. The van der Waals surface area contributed by atoms with Crippen molar-refractivity contribution in [3.8, 4) is 5.75 Å². The first kappa shape index (κ1) is 26.2. The molecule has 0 aliphatic heterocycles. The van der Waals surface area contributed by atoms with Crippen LogP contribution in [0.25, 0.3) is 0 Å². The topological polar surface area (TPSA) is 46.5 Å². The second-order valence-corrected chi connectivity index (χ2v) is 10.8. The molecule has 0 bridgehead atoms. The number of aliphatic carboxylic acids is 1. The third-order valence-electron chi connectivity index (χ3n) is 8.87. The van der Waals surface area contributed by atoms with Crippen molar-refractivity contribution >= 4 is 5.97 Å². The van der Waals surface area contributed by atoms with Crippen LogP contribution in [0, 0.1) is 40.4 Å². The van der Waals surface area contributed by atoms with Gasteiger partial charge in [0.05, 0.1) is 5.41 Å². The van der Waals surface area contributed by atoms with Gasteiger partial charge in [-0.1, -0.05) is 43.3 Å². The van der Waals surface area contributed by atoms with Crippen molar-refractivity contribution in [1.29, 1.82) is 0 Å². The molecule has 1 unspecified atom stereocenters. The highest BCUT2D eigenvalue weighted by Crippen LogP contribution is 2.62. The van der Waals surface area contributed by atoms with E-state index in [4.69, 9.17) is 4.74 Å². The van der Waals surface area contributed by atoms with Gasteiger partial charge in [0.25, 0.3) is 0 Å². The largest absolute Gasteiger partial charge is 0.489 e. The Morgan fingerprint density at radius 3 is 2.18 bits per heavy atom. The summed E-state index contributed by atoms with van der Waals surface area (Å²) in [6.45, 7) is 3.64. The zero-order valence-electron chi connectivity index (χ0n) is 21.0. The number of carboxylic acids is 1. The lowest BCUT2D eigenvalue weighted by atomic mass is 9.46. The number of benzene rings is 3. The summed E-state index contributed by atoms with van der Waals surface area (Å²) in [4.78, 5) is 12.8. The summed E-state index contributed by atoms with van der Waals surface area (Å²) in [6, 6.07) is 15.3. The summed E-state index contributed by atoms with van der Waals surface area (Å²) < 4.78 is 77.8. The first-order valence-electron chi connectivity index (χ1n) is 12.5. The molecule has 0 aromatic heterocycles. The monoisotopic (exact) mass is 530 g/mol. The fourth-order valence-electron chi connectivity index (χ4n) is 6.87. The van der Waals surface area contributed by atoms with Gasteiger partial charge in [0.2, 0.25) is 5.82 Å². The van der Waals surface area contributed by atoms with E-state index in [-0.39, 0.29) is 6.42 Å². The predicted octanol–water partition coefficient (Wildman–Crippen LogP) is 7.45. The van der Waals surface area contributed by atoms with Gasteiger partial charge in [-0.25, -0.2) is 22.0 Å². The molecule has 8 heteroatoms. The molecule has 1 N–H and O–H groups in total. The summed E-state index contributed by atoms with van der Waals surface area (Å²) in [5.74, 6) is -13.1. The summed E-state index contributed by atoms with van der Waals surface area (Å²) in [7, 11) is 0. The van der Waals surface area contributed by atoms with E-state index in [9.17, 15) is 31.9 Å². The van der Waals surface area contributed by atoms with Crippen molar-refractivity contribution < 1.29 is 36.6 Å². The maximum Gasteiger partial charge on any atom is 0.310 e. The molecule has 5 rings (SSSR count). The summed E-state index contributed by atoms with van der Waals surface area (Å²) in [5.41, 5.74) is -0.645. The normalized spacial score (nSPS) is 26.4. The highest BCUT2D eigenvalue weighted by molar-refractivity contribution is 5.77. The van der Waals surface area contributed by atoms with Crippen molar-refractivity contribution in [2.24, 2.45) is 11.3 Å². The Morgan fingerprint density at radius 1 is 0.921 bits per heavy atom. The van der Waals surface area contributed by atoms with Gasteiger partial charge < -0.3 is 9.84 Å². The zero-order valence-corrected chi connectivity index (χ0v) is 21.0. The van der Waals surface area contributed by atoms with Crippen LogP contribution in [-0.2, 0) is 23.2 Å². The number of hydrogen-bond donors (Lipinski definition) is 1. The Morgan fingerprint density at radius 2 is 1.55 bits per heavy atom. The number of aryl methyl sites for hydroxylation is 1. The summed E-state index contributed by atoms with van der Waals surface area (Å²) in [6.07, 6.45) is 1.15. The van der Waals surface area contributed by atoms with Crippen molar-refractivity contribution in [1.82, 2.24) is 0 Å². The molecule has 2 aliphatic rings. The van der Waals surface area contributed by atoms with E-state index in [2.05, 4.69) is 0 Å². The number of rotatable bonds is 5. The molecular weight excluding hydrogens is 503 g/mol. The number of hydrogen-bond acceptors (Lipinski definition) is 2. The number of carbonyl (C=O) groups is 1. The van der Waals surface area contributed by atoms with E-state index >= 15 is 0 Å². The van der Waals surface area contributed by atoms with E-state index in [0.717, 1.165) is 16.7 Å². The Kier molecular flexibility index (Phi) is 6.48. The Labute approximate surface area is 217 Å². The number of halogens is 5. The molecule has 3 aromatic carbocycles. The minimum absolute atomic E-state index is 0.0668. The van der Waals surface area contributed by atoms with Crippen LogP contribution in [0.5, 0.6) is 5.75 Å². The maximum absolute atomic E-state index is 14.9. The Balaban J connectivity index is 1.56. The fourth-order valence-corrected chi connectivity index (χ4v) is 6.87. The molecule has 200 valence electrons. The first-order valence-corrected chi connectivity index (χ1v) is 12.5. The van der Waals surface area contributed by atoms with Crippen LogP contribution in [0.2, 0.25) is 0 Å². The van der Waals surface area contributed by atoms with Gasteiger partial charge in [0, 0.05) is 11.5 Å². The molecule has 0 spiro atoms. The smallest absolute Gasteiger partial charge is 0.310 e. The molecule has 1 fully saturated rings. The molecule has 0 radical (unpaired) electrons. The highest BCUT2D eigenvalue weighted by Gasteiger charge is 2.61. The van der Waals surface area contributed by atoms with Crippen molar-refractivity contribution in [3.63, 3.8) is 0 Å². The predicted molar refractivity (Wildman–Crippen MR) is 130 cm³/mol. The zero-order chi connectivity index (χ0) is 27.4. The van der Waals surface area contributed by atoms with E-state index in [0.29, 0.717) is 31.6 Å². The molecule has 0 amide bonds. The molecule has 4 atom stereocenters. The number of ether oxygens (including phenoxy) is 1. The molecular formula is C30H27F5O3. The Hall–Kier alpha value is -3.42. The van der Waals surface area contributed by atoms with Crippen LogP contribution in [-0.4, -0.2) is 11.1 Å². The van der Waals surface area contributed by atoms with E-state index in [1.165, 1.54) is 6.92 Å². The second-order valence-electron chi connectivity index (χ2n) is 10.8. The van der Waals surface area contributed by atoms with Gasteiger partial charge in [0.15, 0.2) is 23.3 Å². The number of carboxylic acid groups (broad SMARTS) is 1. The molecule has 1 saturated carbocycles. The van der Waals surface area contributed by atoms with Crippen LogP contribution in [0.15, 0.2) is 48.5 Å². The van der Waals surface area contributed by atoms with E-state index in [1.807, 2.05) is 55.5 Å². The van der Waals surface area contributed by atoms with Gasteiger partial charge in [-0.2, -0.15) is 0 Å². The molecule has 2 aliphatic carbocycles. The quantitative estimate of drug-likeness (QED) is 0.212. The van der Waals surface area contributed by atoms with Crippen LogP contribution in [0.4, 0.5) is 22.0 Å². The average molecular weight is 531 g/mol. The third kappa shape index (κ3) is 3.87. The summed E-state index contributed by atoms with van der Waals surface area (Å²) in [5, 5.41) is 10.4. The molecule has 0 heterocycles. The van der Waals surface area contributed by atoms with Gasteiger partial charge in [-0.3, -0.25) is 4.79 Å². The van der Waals surface area contributed by atoms with Crippen molar-refractivity contribution in [3.05, 3.63) is 99.9 Å².